The zero-order valence-electron chi connectivity index (χ0n) is 14.1. The molecule has 124 valence electrons. The first-order valence-electron chi connectivity index (χ1n) is 8.77. The molecule has 5 rings (SSSR count). The van der Waals surface area contributed by atoms with E-state index in [0.717, 1.165) is 64.3 Å². The van der Waals surface area contributed by atoms with E-state index in [1.807, 2.05) is 6.07 Å². The molecule has 0 radical (unpaired) electrons. The molecular formula is C22H18O3. The van der Waals surface area contributed by atoms with Crippen LogP contribution in [0.4, 0.5) is 0 Å². The van der Waals surface area contributed by atoms with Gasteiger partial charge in [0.25, 0.3) is 0 Å². The molecule has 0 saturated heterocycles. The molecule has 2 aromatic carbocycles. The van der Waals surface area contributed by atoms with Crippen molar-refractivity contribution in [3.8, 4) is 11.1 Å². The highest BCUT2D eigenvalue weighted by Gasteiger charge is 2.20. The van der Waals surface area contributed by atoms with Crippen molar-refractivity contribution in [2.24, 2.45) is 0 Å². The zero-order valence-corrected chi connectivity index (χ0v) is 14.1. The van der Waals surface area contributed by atoms with Gasteiger partial charge in [-0.1, -0.05) is 29.8 Å². The number of hydrogen-bond donors (Lipinski definition) is 0. The van der Waals surface area contributed by atoms with Crippen molar-refractivity contribution >= 4 is 21.9 Å². The molecule has 1 aliphatic carbocycles. The monoisotopic (exact) mass is 330 g/mol. The van der Waals surface area contributed by atoms with Gasteiger partial charge < -0.3 is 8.83 Å². The van der Waals surface area contributed by atoms with E-state index in [9.17, 15) is 4.79 Å². The van der Waals surface area contributed by atoms with Crippen LogP contribution in [0, 0.1) is 6.92 Å². The van der Waals surface area contributed by atoms with Gasteiger partial charge >= 0.3 is 5.63 Å². The SMILES string of the molecule is Cc1ccc(-c2coc3cc4oc(=O)c5c(c4cc23)CCCC5)cc1. The molecule has 2 heterocycles. The van der Waals surface area contributed by atoms with Crippen molar-refractivity contribution in [2.45, 2.75) is 32.6 Å². The second-order valence-electron chi connectivity index (χ2n) is 6.91. The second kappa shape index (κ2) is 5.35. The molecule has 0 aliphatic heterocycles. The minimum absolute atomic E-state index is 0.188. The Labute approximate surface area is 144 Å². The fraction of sp³-hybridized carbons (Fsp3) is 0.227. The summed E-state index contributed by atoms with van der Waals surface area (Å²) in [6.07, 6.45) is 5.74. The van der Waals surface area contributed by atoms with Crippen LogP contribution in [0.5, 0.6) is 0 Å². The average Bonchev–Trinajstić information content (AvgIpc) is 3.04. The molecule has 0 atom stereocenters. The first-order chi connectivity index (χ1) is 12.2. The predicted octanol–water partition coefficient (Wildman–Crippen LogP) is 5.39. The van der Waals surface area contributed by atoms with Crippen LogP contribution in [0.2, 0.25) is 0 Å². The number of aryl methyl sites for hydroxylation is 2. The van der Waals surface area contributed by atoms with Crippen molar-refractivity contribution in [2.75, 3.05) is 0 Å². The largest absolute Gasteiger partial charge is 0.464 e. The van der Waals surface area contributed by atoms with E-state index in [1.54, 1.807) is 6.26 Å². The van der Waals surface area contributed by atoms with E-state index in [1.165, 1.54) is 5.56 Å². The molecule has 4 aromatic rings. The van der Waals surface area contributed by atoms with E-state index in [0.29, 0.717) is 5.58 Å². The summed E-state index contributed by atoms with van der Waals surface area (Å²) in [5, 5.41) is 2.12. The first-order valence-corrected chi connectivity index (χ1v) is 8.77. The van der Waals surface area contributed by atoms with Gasteiger partial charge in [0.15, 0.2) is 0 Å². The van der Waals surface area contributed by atoms with Gasteiger partial charge in [-0.15, -0.1) is 0 Å². The lowest BCUT2D eigenvalue weighted by molar-refractivity contribution is 0.533. The fourth-order valence-corrected chi connectivity index (χ4v) is 3.92. The molecule has 2 aromatic heterocycles. The summed E-state index contributed by atoms with van der Waals surface area (Å²) in [7, 11) is 0. The van der Waals surface area contributed by atoms with Crippen LogP contribution in [0.25, 0.3) is 33.1 Å². The maximum atomic E-state index is 12.3. The number of rotatable bonds is 1. The van der Waals surface area contributed by atoms with E-state index in [2.05, 4.69) is 37.3 Å². The van der Waals surface area contributed by atoms with Gasteiger partial charge in [-0.2, -0.15) is 0 Å². The standard InChI is InChI=1S/C22H18O3/c1-13-6-8-14(9-7-13)19-12-24-20-11-21-17(10-18(19)20)15-4-2-3-5-16(15)22(23)25-21/h6-12H,2-5H2,1H3. The molecule has 0 saturated carbocycles. The van der Waals surface area contributed by atoms with Crippen molar-refractivity contribution in [1.29, 1.82) is 0 Å². The smallest absolute Gasteiger partial charge is 0.339 e. The van der Waals surface area contributed by atoms with Gasteiger partial charge in [0, 0.05) is 28.0 Å². The van der Waals surface area contributed by atoms with Crippen molar-refractivity contribution < 1.29 is 8.83 Å². The number of furan rings is 1. The van der Waals surface area contributed by atoms with E-state index in [4.69, 9.17) is 8.83 Å². The van der Waals surface area contributed by atoms with Gasteiger partial charge in [0.2, 0.25) is 0 Å². The average molecular weight is 330 g/mol. The predicted molar refractivity (Wildman–Crippen MR) is 99.1 cm³/mol. The lowest BCUT2D eigenvalue weighted by Gasteiger charge is -2.16. The third-order valence-electron chi connectivity index (χ3n) is 5.28. The Bertz CT molecular complexity index is 1160. The van der Waals surface area contributed by atoms with Gasteiger partial charge in [0.1, 0.15) is 11.2 Å². The van der Waals surface area contributed by atoms with Crippen LogP contribution >= 0.6 is 0 Å². The van der Waals surface area contributed by atoms with Crippen LogP contribution in [0.3, 0.4) is 0 Å². The van der Waals surface area contributed by atoms with Crippen molar-refractivity contribution in [1.82, 2.24) is 0 Å². The van der Waals surface area contributed by atoms with Crippen LogP contribution < -0.4 is 5.63 Å². The maximum Gasteiger partial charge on any atom is 0.339 e. The number of fused-ring (bicyclic) bond motifs is 4. The quantitative estimate of drug-likeness (QED) is 0.439. The highest BCUT2D eigenvalue weighted by molar-refractivity contribution is 6.02. The minimum atomic E-state index is -0.188. The zero-order chi connectivity index (χ0) is 17.0. The molecule has 25 heavy (non-hydrogen) atoms. The molecule has 0 N–H and O–H groups in total. The van der Waals surface area contributed by atoms with Crippen molar-refractivity contribution in [3.63, 3.8) is 0 Å². The summed E-state index contributed by atoms with van der Waals surface area (Å²) in [5.41, 5.74) is 6.66. The summed E-state index contributed by atoms with van der Waals surface area (Å²) in [6.45, 7) is 2.08. The molecule has 1 aliphatic rings. The number of benzene rings is 2. The third-order valence-corrected chi connectivity index (χ3v) is 5.28. The van der Waals surface area contributed by atoms with Gasteiger partial charge in [-0.3, -0.25) is 0 Å². The van der Waals surface area contributed by atoms with E-state index in [-0.39, 0.29) is 5.63 Å². The van der Waals surface area contributed by atoms with E-state index >= 15 is 0 Å². The van der Waals surface area contributed by atoms with Crippen LogP contribution in [-0.4, -0.2) is 0 Å². The highest BCUT2D eigenvalue weighted by atomic mass is 16.4. The molecule has 0 amide bonds. The summed E-state index contributed by atoms with van der Waals surface area (Å²) >= 11 is 0. The lowest BCUT2D eigenvalue weighted by Crippen LogP contribution is -2.15. The summed E-state index contributed by atoms with van der Waals surface area (Å²) in [5.74, 6) is 0. The lowest BCUT2D eigenvalue weighted by atomic mass is 9.90. The van der Waals surface area contributed by atoms with Crippen LogP contribution in [0.15, 0.2) is 56.3 Å². The van der Waals surface area contributed by atoms with Gasteiger partial charge in [-0.25, -0.2) is 4.79 Å². The second-order valence-corrected chi connectivity index (χ2v) is 6.91. The van der Waals surface area contributed by atoms with Gasteiger partial charge in [0.05, 0.1) is 6.26 Å². The van der Waals surface area contributed by atoms with E-state index < -0.39 is 0 Å². The molecular weight excluding hydrogens is 312 g/mol. The topological polar surface area (TPSA) is 43.4 Å². The minimum Gasteiger partial charge on any atom is -0.464 e. The molecule has 0 fully saturated rings. The van der Waals surface area contributed by atoms with Crippen LogP contribution in [-0.2, 0) is 12.8 Å². The maximum absolute atomic E-state index is 12.3. The molecule has 0 unspecified atom stereocenters. The summed E-state index contributed by atoms with van der Waals surface area (Å²) in [6, 6.07) is 12.4. The Balaban J connectivity index is 1.82. The Morgan fingerprint density at radius 2 is 1.64 bits per heavy atom. The normalized spacial score (nSPS) is 14.1. The van der Waals surface area contributed by atoms with Crippen LogP contribution in [0.1, 0.15) is 29.5 Å². The molecule has 3 nitrogen and oxygen atoms in total. The molecule has 0 spiro atoms. The first kappa shape index (κ1) is 14.5. The highest BCUT2D eigenvalue weighted by Crippen LogP contribution is 2.36. The third kappa shape index (κ3) is 2.23. The Morgan fingerprint density at radius 1 is 0.880 bits per heavy atom. The Hall–Kier alpha value is -2.81. The molecule has 3 heteroatoms. The van der Waals surface area contributed by atoms with Crippen molar-refractivity contribution in [3.05, 3.63) is 69.8 Å². The Kier molecular flexibility index (Phi) is 3.11. The summed E-state index contributed by atoms with van der Waals surface area (Å²) in [4.78, 5) is 12.3. The van der Waals surface area contributed by atoms with Gasteiger partial charge in [-0.05, 0) is 49.8 Å². The number of hydrogen-bond acceptors (Lipinski definition) is 3. The molecule has 0 bridgehead atoms. The summed E-state index contributed by atoms with van der Waals surface area (Å²) < 4.78 is 11.3. The Morgan fingerprint density at radius 3 is 2.44 bits per heavy atom. The fourth-order valence-electron chi connectivity index (χ4n) is 3.92.